The number of piperidine rings is 1. The molecule has 1 spiro atoms. The summed E-state index contributed by atoms with van der Waals surface area (Å²) in [5.74, 6) is 1.03. The zero-order valence-electron chi connectivity index (χ0n) is 17.9. The lowest BCUT2D eigenvalue weighted by atomic mass is 9.73. The molecule has 2 aliphatic heterocycles. The molecule has 7 nitrogen and oxygen atoms in total. The lowest BCUT2D eigenvalue weighted by molar-refractivity contribution is 0.0617. The van der Waals surface area contributed by atoms with E-state index in [4.69, 9.17) is 0 Å². The Morgan fingerprint density at radius 1 is 1.23 bits per heavy atom. The molecule has 162 valence electrons. The number of hydrogen-bond donors (Lipinski definition) is 1. The summed E-state index contributed by atoms with van der Waals surface area (Å²) in [6, 6.07) is 6.87. The molecule has 1 fully saturated rings. The monoisotopic (exact) mass is 414 g/mol. The number of amides is 1. The minimum atomic E-state index is -0.176. The van der Waals surface area contributed by atoms with Gasteiger partial charge in [-0.25, -0.2) is 4.39 Å². The Hall–Kier alpha value is -2.32. The molecule has 1 aromatic carbocycles. The number of halogens is 1. The Morgan fingerprint density at radius 3 is 2.77 bits per heavy atom. The number of aromatic nitrogens is 3. The molecule has 30 heavy (non-hydrogen) atoms. The van der Waals surface area contributed by atoms with Gasteiger partial charge in [0.2, 0.25) is 5.82 Å². The summed E-state index contributed by atoms with van der Waals surface area (Å²) < 4.78 is 15.5. The molecule has 1 saturated heterocycles. The van der Waals surface area contributed by atoms with E-state index >= 15 is 0 Å². The van der Waals surface area contributed by atoms with Gasteiger partial charge >= 0.3 is 0 Å². The number of hydrogen-bond acceptors (Lipinski definition) is 5. The molecule has 8 heteroatoms. The van der Waals surface area contributed by atoms with Gasteiger partial charge in [0.15, 0.2) is 0 Å². The Bertz CT molecular complexity index is 888. The third-order valence-electron chi connectivity index (χ3n) is 6.46. The van der Waals surface area contributed by atoms with Crippen LogP contribution in [0.3, 0.4) is 0 Å². The van der Waals surface area contributed by atoms with E-state index < -0.39 is 0 Å². The van der Waals surface area contributed by atoms with Crippen LogP contribution in [0.2, 0.25) is 0 Å². The third-order valence-corrected chi connectivity index (χ3v) is 6.46. The van der Waals surface area contributed by atoms with Gasteiger partial charge in [0.25, 0.3) is 5.91 Å². The van der Waals surface area contributed by atoms with E-state index in [1.54, 1.807) is 12.1 Å². The van der Waals surface area contributed by atoms with E-state index in [0.717, 1.165) is 69.8 Å². The Kier molecular flexibility index (Phi) is 6.15. The third kappa shape index (κ3) is 4.70. The fraction of sp³-hybridized carbons (Fsp3) is 0.591. The van der Waals surface area contributed by atoms with Crippen molar-refractivity contribution in [3.05, 3.63) is 47.3 Å². The van der Waals surface area contributed by atoms with Crippen LogP contribution in [-0.2, 0) is 19.5 Å². The van der Waals surface area contributed by atoms with E-state index in [1.165, 1.54) is 6.07 Å². The van der Waals surface area contributed by atoms with E-state index in [1.807, 2.05) is 29.6 Å². The number of likely N-dealkylation sites (tertiary alicyclic amines) is 1. The first-order chi connectivity index (χ1) is 14.4. The van der Waals surface area contributed by atoms with Crippen molar-refractivity contribution >= 4 is 5.91 Å². The van der Waals surface area contributed by atoms with Gasteiger partial charge in [0.1, 0.15) is 11.6 Å². The van der Waals surface area contributed by atoms with Gasteiger partial charge in [-0.1, -0.05) is 12.1 Å². The molecule has 0 saturated carbocycles. The smallest absolute Gasteiger partial charge is 0.289 e. The minimum absolute atomic E-state index is 0.142. The second-order valence-corrected chi connectivity index (χ2v) is 8.99. The molecule has 0 radical (unpaired) electrons. The molecule has 4 rings (SSSR count). The largest absolute Gasteiger partial charge is 0.348 e. The van der Waals surface area contributed by atoms with Crippen molar-refractivity contribution < 1.29 is 9.18 Å². The molecule has 3 heterocycles. The van der Waals surface area contributed by atoms with Gasteiger partial charge in [0.05, 0.1) is 0 Å². The van der Waals surface area contributed by atoms with E-state index in [0.29, 0.717) is 12.4 Å². The molecule has 2 aromatic rings. The van der Waals surface area contributed by atoms with Gasteiger partial charge in [-0.05, 0) is 69.6 Å². The number of rotatable bonds is 6. The van der Waals surface area contributed by atoms with Crippen LogP contribution in [0.5, 0.6) is 0 Å². The quantitative estimate of drug-likeness (QED) is 0.783. The van der Waals surface area contributed by atoms with Crippen molar-refractivity contribution in [3.63, 3.8) is 0 Å². The predicted octanol–water partition coefficient (Wildman–Crippen LogP) is 1.94. The number of benzene rings is 1. The number of carbonyl (C=O) groups is 1. The zero-order valence-corrected chi connectivity index (χ0v) is 17.9. The number of aryl methyl sites for hydroxylation is 1. The van der Waals surface area contributed by atoms with Crippen molar-refractivity contribution in [3.8, 4) is 0 Å². The van der Waals surface area contributed by atoms with Crippen molar-refractivity contribution in [2.45, 2.75) is 38.8 Å². The zero-order chi connectivity index (χ0) is 21.1. The molecule has 0 aliphatic carbocycles. The summed E-state index contributed by atoms with van der Waals surface area (Å²) in [4.78, 5) is 17.1. The molecule has 2 aliphatic rings. The standard InChI is InChI=1S/C22H31FN6O/c1-27(2)13-10-24-21(30)20-26-25-19-6-7-22(16-29(19)20)8-11-28(12-9-22)15-17-4-3-5-18(23)14-17/h3-5,14H,6-13,15-16H2,1-2H3,(H,24,30). The summed E-state index contributed by atoms with van der Waals surface area (Å²) in [6.45, 7) is 4.94. The fourth-order valence-electron chi connectivity index (χ4n) is 4.61. The van der Waals surface area contributed by atoms with Gasteiger partial charge in [-0.2, -0.15) is 0 Å². The van der Waals surface area contributed by atoms with Crippen molar-refractivity contribution in [2.24, 2.45) is 5.41 Å². The maximum absolute atomic E-state index is 13.5. The summed E-state index contributed by atoms with van der Waals surface area (Å²) >= 11 is 0. The lowest BCUT2D eigenvalue weighted by Gasteiger charge is -2.44. The van der Waals surface area contributed by atoms with Crippen LogP contribution in [0.15, 0.2) is 24.3 Å². The molecule has 0 unspecified atom stereocenters. The highest BCUT2D eigenvalue weighted by molar-refractivity contribution is 5.90. The second kappa shape index (κ2) is 8.81. The lowest BCUT2D eigenvalue weighted by Crippen LogP contribution is -2.45. The summed E-state index contributed by atoms with van der Waals surface area (Å²) in [6.07, 6.45) is 4.09. The van der Waals surface area contributed by atoms with Crippen LogP contribution in [0.25, 0.3) is 0 Å². The number of carbonyl (C=O) groups excluding carboxylic acids is 1. The Morgan fingerprint density at radius 2 is 2.03 bits per heavy atom. The number of nitrogens with zero attached hydrogens (tertiary/aromatic N) is 5. The average Bonchev–Trinajstić information content (AvgIpc) is 3.12. The van der Waals surface area contributed by atoms with Gasteiger partial charge in [-0.3, -0.25) is 9.69 Å². The first kappa shape index (κ1) is 20.9. The highest BCUT2D eigenvalue weighted by Crippen LogP contribution is 2.41. The highest BCUT2D eigenvalue weighted by Gasteiger charge is 2.39. The first-order valence-electron chi connectivity index (χ1n) is 10.8. The van der Waals surface area contributed by atoms with Crippen LogP contribution < -0.4 is 5.32 Å². The van der Waals surface area contributed by atoms with Crippen molar-refractivity contribution in [2.75, 3.05) is 40.3 Å². The summed E-state index contributed by atoms with van der Waals surface area (Å²) in [5, 5.41) is 11.4. The van der Waals surface area contributed by atoms with Crippen molar-refractivity contribution in [1.29, 1.82) is 0 Å². The average molecular weight is 415 g/mol. The van der Waals surface area contributed by atoms with E-state index in [9.17, 15) is 9.18 Å². The van der Waals surface area contributed by atoms with Crippen LogP contribution in [0.4, 0.5) is 4.39 Å². The molecule has 1 N–H and O–H groups in total. The van der Waals surface area contributed by atoms with E-state index in [-0.39, 0.29) is 17.1 Å². The topological polar surface area (TPSA) is 66.3 Å². The summed E-state index contributed by atoms with van der Waals surface area (Å²) in [5.41, 5.74) is 1.21. The van der Waals surface area contributed by atoms with Crippen LogP contribution in [0.1, 0.15) is 41.3 Å². The van der Waals surface area contributed by atoms with Crippen LogP contribution in [-0.4, -0.2) is 70.7 Å². The Labute approximate surface area is 177 Å². The molecule has 0 bridgehead atoms. The number of nitrogens with one attached hydrogen (secondary N) is 1. The number of likely N-dealkylation sites (N-methyl/N-ethyl adjacent to an activating group) is 1. The molecule has 1 amide bonds. The van der Waals surface area contributed by atoms with Gasteiger partial charge in [-0.15, -0.1) is 10.2 Å². The first-order valence-corrected chi connectivity index (χ1v) is 10.8. The van der Waals surface area contributed by atoms with Crippen LogP contribution in [0, 0.1) is 11.2 Å². The second-order valence-electron chi connectivity index (χ2n) is 8.99. The maximum Gasteiger partial charge on any atom is 0.289 e. The molecule has 1 aromatic heterocycles. The molecular formula is C22H31FN6O. The van der Waals surface area contributed by atoms with Gasteiger partial charge in [0, 0.05) is 32.6 Å². The van der Waals surface area contributed by atoms with Crippen LogP contribution >= 0.6 is 0 Å². The molecule has 0 atom stereocenters. The minimum Gasteiger partial charge on any atom is -0.348 e. The van der Waals surface area contributed by atoms with E-state index in [2.05, 4.69) is 20.4 Å². The maximum atomic E-state index is 13.5. The number of fused-ring (bicyclic) bond motifs is 1. The molecular weight excluding hydrogens is 383 g/mol. The summed E-state index contributed by atoms with van der Waals surface area (Å²) in [7, 11) is 3.96. The fourth-order valence-corrected chi connectivity index (χ4v) is 4.61. The SMILES string of the molecule is CN(C)CCNC(=O)c1nnc2n1CC1(CC2)CCN(Cc2cccc(F)c2)CC1. The highest BCUT2D eigenvalue weighted by atomic mass is 19.1. The normalized spacial score (nSPS) is 18.5. The predicted molar refractivity (Wildman–Crippen MR) is 113 cm³/mol. The van der Waals surface area contributed by atoms with Gasteiger partial charge < -0.3 is 14.8 Å². The Balaban J connectivity index is 1.37. The van der Waals surface area contributed by atoms with Crippen molar-refractivity contribution in [1.82, 2.24) is 29.9 Å².